The monoisotopic (exact) mass is 478 g/mol. The number of amides is 1. The van der Waals surface area contributed by atoms with E-state index in [1.807, 2.05) is 30.3 Å². The fraction of sp³-hybridized carbons (Fsp3) is 0.292. The molecule has 1 aliphatic rings. The van der Waals surface area contributed by atoms with Crippen molar-refractivity contribution in [2.75, 3.05) is 20.2 Å². The van der Waals surface area contributed by atoms with Gasteiger partial charge in [-0.2, -0.15) is 0 Å². The number of nitrogens with zero attached hydrogens (tertiary/aromatic N) is 5. The van der Waals surface area contributed by atoms with Crippen LogP contribution in [0.3, 0.4) is 0 Å². The van der Waals surface area contributed by atoms with E-state index in [1.165, 1.54) is 0 Å². The summed E-state index contributed by atoms with van der Waals surface area (Å²) in [7, 11) is 1.55. The average molecular weight is 479 g/mol. The van der Waals surface area contributed by atoms with Crippen LogP contribution in [0.5, 0.6) is 5.75 Å². The summed E-state index contributed by atoms with van der Waals surface area (Å²) in [6, 6.07) is 14.6. The van der Waals surface area contributed by atoms with Gasteiger partial charge >= 0.3 is 0 Å². The van der Waals surface area contributed by atoms with Gasteiger partial charge in [-0.05, 0) is 42.7 Å². The lowest BCUT2D eigenvalue weighted by atomic mass is 9.96. The van der Waals surface area contributed by atoms with Crippen LogP contribution in [-0.4, -0.2) is 56.0 Å². The standard InChI is InChI=1S/C24H23ClN6O3/c1-34-19-10-3-2-9-18(19)24(33)30-11-5-7-16(14-30)21-26-22-20(23(32)27-21)28-29-31(22)13-15-6-4-8-17(25)12-15/h2-4,6,8-10,12,16H,5,7,11,13-14H2,1H3,(H,26,27,32)/t16-/m0/s1. The third-order valence-corrected chi connectivity index (χ3v) is 6.28. The highest BCUT2D eigenvalue weighted by Gasteiger charge is 2.29. The Kier molecular flexibility index (Phi) is 6.02. The third kappa shape index (κ3) is 4.26. The van der Waals surface area contributed by atoms with Crippen molar-refractivity contribution in [2.45, 2.75) is 25.3 Å². The van der Waals surface area contributed by atoms with Crippen LogP contribution in [-0.2, 0) is 6.54 Å². The number of methoxy groups -OCH3 is 1. The predicted octanol–water partition coefficient (Wildman–Crippen LogP) is 3.24. The van der Waals surface area contributed by atoms with Gasteiger partial charge in [0.15, 0.2) is 11.2 Å². The van der Waals surface area contributed by atoms with E-state index in [4.69, 9.17) is 21.3 Å². The Morgan fingerprint density at radius 3 is 2.91 bits per heavy atom. The molecule has 34 heavy (non-hydrogen) atoms. The van der Waals surface area contributed by atoms with Gasteiger partial charge in [-0.1, -0.05) is 41.1 Å². The number of hydrogen-bond donors (Lipinski definition) is 1. The van der Waals surface area contributed by atoms with Crippen molar-refractivity contribution in [1.29, 1.82) is 0 Å². The average Bonchev–Trinajstić information content (AvgIpc) is 3.26. The molecule has 1 amide bonds. The minimum atomic E-state index is -0.342. The molecule has 2 aromatic heterocycles. The molecule has 0 spiro atoms. The molecule has 0 saturated carbocycles. The number of aromatic nitrogens is 5. The predicted molar refractivity (Wildman–Crippen MR) is 127 cm³/mol. The maximum atomic E-state index is 13.2. The summed E-state index contributed by atoms with van der Waals surface area (Å²) in [4.78, 5) is 35.3. The molecular formula is C24H23ClN6O3. The van der Waals surface area contributed by atoms with Crippen molar-refractivity contribution in [3.63, 3.8) is 0 Å². The second-order valence-electron chi connectivity index (χ2n) is 8.29. The van der Waals surface area contributed by atoms with Crippen molar-refractivity contribution < 1.29 is 9.53 Å². The zero-order valence-corrected chi connectivity index (χ0v) is 19.3. The number of aromatic amines is 1. The largest absolute Gasteiger partial charge is 0.496 e. The highest BCUT2D eigenvalue weighted by atomic mass is 35.5. The number of benzene rings is 2. The van der Waals surface area contributed by atoms with E-state index in [0.29, 0.717) is 47.4 Å². The van der Waals surface area contributed by atoms with Gasteiger partial charge in [-0.15, -0.1) is 5.10 Å². The van der Waals surface area contributed by atoms with Crippen molar-refractivity contribution in [3.05, 3.63) is 80.9 Å². The number of ether oxygens (including phenoxy) is 1. The molecule has 1 fully saturated rings. The summed E-state index contributed by atoms with van der Waals surface area (Å²) in [6.45, 7) is 1.46. The molecule has 9 nitrogen and oxygen atoms in total. The molecule has 1 N–H and O–H groups in total. The van der Waals surface area contributed by atoms with Gasteiger partial charge in [0.2, 0.25) is 0 Å². The maximum absolute atomic E-state index is 13.2. The Labute approximate surface area is 200 Å². The third-order valence-electron chi connectivity index (χ3n) is 6.05. The van der Waals surface area contributed by atoms with Gasteiger partial charge in [0.05, 0.1) is 19.2 Å². The van der Waals surface area contributed by atoms with E-state index in [2.05, 4.69) is 15.3 Å². The Hall–Kier alpha value is -3.72. The first-order chi connectivity index (χ1) is 16.5. The SMILES string of the molecule is COc1ccccc1C(=O)N1CCC[C@H](c2nc3c(nnn3Cc3cccc(Cl)c3)c(=O)[nH]2)C1. The van der Waals surface area contributed by atoms with Gasteiger partial charge < -0.3 is 14.6 Å². The van der Waals surface area contributed by atoms with E-state index in [0.717, 1.165) is 18.4 Å². The van der Waals surface area contributed by atoms with E-state index < -0.39 is 0 Å². The molecule has 0 bridgehead atoms. The van der Waals surface area contributed by atoms with Crippen LogP contribution in [0.25, 0.3) is 11.2 Å². The first-order valence-corrected chi connectivity index (χ1v) is 11.4. The number of halogens is 1. The summed E-state index contributed by atoms with van der Waals surface area (Å²) < 4.78 is 6.96. The summed E-state index contributed by atoms with van der Waals surface area (Å²) in [5.74, 6) is 0.862. The van der Waals surface area contributed by atoms with E-state index in [-0.39, 0.29) is 22.9 Å². The van der Waals surface area contributed by atoms with Crippen molar-refractivity contribution >= 4 is 28.7 Å². The van der Waals surface area contributed by atoms with E-state index in [9.17, 15) is 9.59 Å². The fourth-order valence-electron chi connectivity index (χ4n) is 4.37. The van der Waals surface area contributed by atoms with Crippen molar-refractivity contribution in [1.82, 2.24) is 29.9 Å². The second kappa shape index (κ2) is 9.26. The molecule has 5 rings (SSSR count). The minimum absolute atomic E-state index is 0.0989. The molecule has 3 heterocycles. The molecule has 0 radical (unpaired) electrons. The lowest BCUT2D eigenvalue weighted by molar-refractivity contribution is 0.0701. The molecule has 4 aromatic rings. The zero-order chi connectivity index (χ0) is 23.7. The lowest BCUT2D eigenvalue weighted by Crippen LogP contribution is -2.40. The summed E-state index contributed by atoms with van der Waals surface area (Å²) in [5, 5.41) is 8.77. The van der Waals surface area contributed by atoms with Crippen LogP contribution in [0.1, 0.15) is 40.5 Å². The highest BCUT2D eigenvalue weighted by Crippen LogP contribution is 2.28. The second-order valence-corrected chi connectivity index (χ2v) is 8.73. The highest BCUT2D eigenvalue weighted by molar-refractivity contribution is 6.30. The number of fused-ring (bicyclic) bond motifs is 1. The normalized spacial score (nSPS) is 16.1. The van der Waals surface area contributed by atoms with E-state index >= 15 is 0 Å². The molecular weight excluding hydrogens is 456 g/mol. The van der Waals surface area contributed by atoms with Gasteiger partial charge in [-0.25, -0.2) is 9.67 Å². The number of H-pyrrole nitrogens is 1. The van der Waals surface area contributed by atoms with Crippen molar-refractivity contribution in [3.8, 4) is 5.75 Å². The Bertz CT molecular complexity index is 1420. The van der Waals surface area contributed by atoms with Crippen LogP contribution in [0.4, 0.5) is 0 Å². The number of para-hydroxylation sites is 1. The van der Waals surface area contributed by atoms with E-state index in [1.54, 1.807) is 34.9 Å². The number of piperidine rings is 1. The summed E-state index contributed by atoms with van der Waals surface area (Å²) in [5.41, 5.74) is 1.70. The molecule has 1 aliphatic heterocycles. The Morgan fingerprint density at radius 2 is 2.09 bits per heavy atom. The van der Waals surface area contributed by atoms with Crippen LogP contribution in [0, 0.1) is 0 Å². The molecule has 174 valence electrons. The number of hydrogen-bond acceptors (Lipinski definition) is 6. The van der Waals surface area contributed by atoms with Gasteiger partial charge in [-0.3, -0.25) is 9.59 Å². The van der Waals surface area contributed by atoms with Crippen LogP contribution < -0.4 is 10.3 Å². The molecule has 2 aromatic carbocycles. The first-order valence-electron chi connectivity index (χ1n) is 11.0. The number of carbonyl (C=O) groups is 1. The first kappa shape index (κ1) is 22.1. The smallest absolute Gasteiger partial charge is 0.281 e. The summed E-state index contributed by atoms with van der Waals surface area (Å²) >= 11 is 6.10. The van der Waals surface area contributed by atoms with Gasteiger partial charge in [0.25, 0.3) is 11.5 Å². The fourth-order valence-corrected chi connectivity index (χ4v) is 4.58. The van der Waals surface area contributed by atoms with Crippen LogP contribution in [0.15, 0.2) is 53.3 Å². The zero-order valence-electron chi connectivity index (χ0n) is 18.6. The number of nitrogens with one attached hydrogen (secondary N) is 1. The molecule has 0 aliphatic carbocycles. The van der Waals surface area contributed by atoms with Crippen molar-refractivity contribution in [2.24, 2.45) is 0 Å². The quantitative estimate of drug-likeness (QED) is 0.472. The summed E-state index contributed by atoms with van der Waals surface area (Å²) in [6.07, 6.45) is 1.60. The Balaban J connectivity index is 1.43. The number of carbonyl (C=O) groups excluding carboxylic acids is 1. The molecule has 1 saturated heterocycles. The van der Waals surface area contributed by atoms with Crippen LogP contribution in [0.2, 0.25) is 5.02 Å². The topological polar surface area (TPSA) is 106 Å². The maximum Gasteiger partial charge on any atom is 0.281 e. The van der Waals surface area contributed by atoms with Gasteiger partial charge in [0, 0.05) is 24.0 Å². The molecule has 0 unspecified atom stereocenters. The lowest BCUT2D eigenvalue weighted by Gasteiger charge is -2.32. The minimum Gasteiger partial charge on any atom is -0.496 e. The number of rotatable bonds is 5. The van der Waals surface area contributed by atoms with Crippen LogP contribution >= 0.6 is 11.6 Å². The van der Waals surface area contributed by atoms with Gasteiger partial charge in [0.1, 0.15) is 11.6 Å². The molecule has 1 atom stereocenters. The number of likely N-dealkylation sites (tertiary alicyclic amines) is 1. The Morgan fingerprint density at radius 1 is 1.24 bits per heavy atom. The molecule has 10 heteroatoms.